The third-order valence-corrected chi connectivity index (χ3v) is 4.62. The van der Waals surface area contributed by atoms with Crippen molar-refractivity contribution in [3.8, 4) is 0 Å². The van der Waals surface area contributed by atoms with Gasteiger partial charge in [0.2, 0.25) is 5.91 Å². The van der Waals surface area contributed by atoms with Crippen molar-refractivity contribution in [2.45, 2.75) is 64.8 Å². The molecule has 0 radical (unpaired) electrons. The molecule has 130 valence electrons. The summed E-state index contributed by atoms with van der Waals surface area (Å²) < 4.78 is 0. The summed E-state index contributed by atoms with van der Waals surface area (Å²) in [6.45, 7) is 5.90. The summed E-state index contributed by atoms with van der Waals surface area (Å²) in [5.74, 6) is 0.0328. The quantitative estimate of drug-likeness (QED) is 0.765. The number of piperidine rings is 1. The standard InChI is InChI=1S/C18H31N3O2/c1-14(2)20-18(23)21-12-6-9-16(13-21)17(22)19-11-10-15-7-4-3-5-8-15/h7,14,16H,3-6,8-13H2,1-2H3,(H,19,22)(H,20,23)/t16-/m0/s1. The van der Waals surface area contributed by atoms with E-state index in [-0.39, 0.29) is 23.9 Å². The molecule has 2 rings (SSSR count). The Labute approximate surface area is 139 Å². The van der Waals surface area contributed by atoms with E-state index in [0.717, 1.165) is 32.4 Å². The van der Waals surface area contributed by atoms with Crippen LogP contribution in [0.2, 0.25) is 0 Å². The zero-order valence-electron chi connectivity index (χ0n) is 14.6. The van der Waals surface area contributed by atoms with Crippen LogP contribution < -0.4 is 10.6 Å². The fraction of sp³-hybridized carbons (Fsp3) is 0.778. The van der Waals surface area contributed by atoms with Crippen LogP contribution in [0.3, 0.4) is 0 Å². The summed E-state index contributed by atoms with van der Waals surface area (Å²) in [6.07, 6.45) is 10.0. The van der Waals surface area contributed by atoms with Crippen LogP contribution in [0.15, 0.2) is 11.6 Å². The number of hydrogen-bond donors (Lipinski definition) is 2. The highest BCUT2D eigenvalue weighted by Crippen LogP contribution is 2.20. The molecule has 1 heterocycles. The van der Waals surface area contributed by atoms with Crippen molar-refractivity contribution < 1.29 is 9.59 Å². The van der Waals surface area contributed by atoms with E-state index in [1.807, 2.05) is 13.8 Å². The molecule has 0 aromatic heterocycles. The van der Waals surface area contributed by atoms with Gasteiger partial charge in [-0.05, 0) is 58.8 Å². The summed E-state index contributed by atoms with van der Waals surface area (Å²) in [7, 11) is 0. The SMILES string of the molecule is CC(C)NC(=O)N1CCC[C@H](C(=O)NCCC2=CCCCC2)C1. The molecule has 0 saturated carbocycles. The van der Waals surface area contributed by atoms with Crippen LogP contribution in [0.4, 0.5) is 4.79 Å². The zero-order chi connectivity index (χ0) is 16.7. The van der Waals surface area contributed by atoms with Gasteiger partial charge in [0.25, 0.3) is 0 Å². The molecule has 1 aliphatic carbocycles. The molecule has 2 N–H and O–H groups in total. The molecule has 5 heteroatoms. The minimum atomic E-state index is -0.0676. The van der Waals surface area contributed by atoms with Gasteiger partial charge in [0.05, 0.1) is 5.92 Å². The predicted octanol–water partition coefficient (Wildman–Crippen LogP) is 2.82. The highest BCUT2D eigenvalue weighted by molar-refractivity contribution is 5.80. The molecule has 3 amide bonds. The maximum atomic E-state index is 12.3. The van der Waals surface area contributed by atoms with Crippen LogP contribution in [0.1, 0.15) is 58.8 Å². The first kappa shape index (κ1) is 17.8. The van der Waals surface area contributed by atoms with Crippen LogP contribution in [-0.4, -0.2) is 42.5 Å². The second-order valence-corrected chi connectivity index (χ2v) is 7.04. The Hall–Kier alpha value is -1.52. The molecule has 23 heavy (non-hydrogen) atoms. The average Bonchev–Trinajstić information content (AvgIpc) is 2.55. The number of nitrogens with one attached hydrogen (secondary N) is 2. The number of amides is 3. The second kappa shape index (κ2) is 8.94. The van der Waals surface area contributed by atoms with Crippen LogP contribution in [-0.2, 0) is 4.79 Å². The Kier molecular flexibility index (Phi) is 6.93. The summed E-state index contributed by atoms with van der Waals surface area (Å²) in [5.41, 5.74) is 1.48. The molecule has 1 saturated heterocycles. The van der Waals surface area contributed by atoms with E-state index in [0.29, 0.717) is 6.54 Å². The van der Waals surface area contributed by atoms with Crippen molar-refractivity contribution in [1.82, 2.24) is 15.5 Å². The molecule has 2 aliphatic rings. The van der Waals surface area contributed by atoms with Gasteiger partial charge in [0, 0.05) is 25.7 Å². The Morgan fingerprint density at radius 3 is 2.83 bits per heavy atom. The Morgan fingerprint density at radius 1 is 1.30 bits per heavy atom. The van der Waals surface area contributed by atoms with E-state index < -0.39 is 0 Å². The fourth-order valence-electron chi connectivity index (χ4n) is 3.34. The number of carbonyl (C=O) groups excluding carboxylic acids is 2. The number of hydrogen-bond acceptors (Lipinski definition) is 2. The summed E-state index contributed by atoms with van der Waals surface area (Å²) in [5, 5.41) is 5.97. The zero-order valence-corrected chi connectivity index (χ0v) is 14.6. The number of nitrogens with zero attached hydrogens (tertiary/aromatic N) is 1. The molecule has 5 nitrogen and oxygen atoms in total. The van der Waals surface area contributed by atoms with Crippen LogP contribution in [0.5, 0.6) is 0 Å². The largest absolute Gasteiger partial charge is 0.355 e. The fourth-order valence-corrected chi connectivity index (χ4v) is 3.34. The Balaban J connectivity index is 1.73. The maximum Gasteiger partial charge on any atom is 0.317 e. The van der Waals surface area contributed by atoms with Crippen LogP contribution >= 0.6 is 0 Å². The summed E-state index contributed by atoms with van der Waals surface area (Å²) in [4.78, 5) is 26.2. The van der Waals surface area contributed by atoms with E-state index in [1.54, 1.807) is 4.90 Å². The molecule has 0 bridgehead atoms. The van der Waals surface area contributed by atoms with E-state index >= 15 is 0 Å². The molecular weight excluding hydrogens is 290 g/mol. The first-order valence-electron chi connectivity index (χ1n) is 9.07. The minimum absolute atomic E-state index is 0.0511. The van der Waals surface area contributed by atoms with Crippen molar-refractivity contribution >= 4 is 11.9 Å². The van der Waals surface area contributed by atoms with Gasteiger partial charge in [0.1, 0.15) is 0 Å². The minimum Gasteiger partial charge on any atom is -0.355 e. The third kappa shape index (κ3) is 5.88. The van der Waals surface area contributed by atoms with Crippen molar-refractivity contribution in [2.75, 3.05) is 19.6 Å². The summed E-state index contributed by atoms with van der Waals surface area (Å²) >= 11 is 0. The molecule has 0 aromatic carbocycles. The molecule has 0 spiro atoms. The molecular formula is C18H31N3O2. The smallest absolute Gasteiger partial charge is 0.317 e. The summed E-state index contributed by atoms with van der Waals surface area (Å²) in [6, 6.07) is 0.0744. The van der Waals surface area contributed by atoms with Crippen molar-refractivity contribution in [3.05, 3.63) is 11.6 Å². The normalized spacial score (nSPS) is 21.8. The number of allylic oxidation sites excluding steroid dienone is 1. The van der Waals surface area contributed by atoms with Gasteiger partial charge in [-0.15, -0.1) is 0 Å². The highest BCUT2D eigenvalue weighted by atomic mass is 16.2. The molecule has 0 aromatic rings. The van der Waals surface area contributed by atoms with E-state index in [1.165, 1.54) is 31.3 Å². The lowest BCUT2D eigenvalue weighted by atomic mass is 9.96. The lowest BCUT2D eigenvalue weighted by Gasteiger charge is -2.32. The van der Waals surface area contributed by atoms with Crippen LogP contribution in [0.25, 0.3) is 0 Å². The number of urea groups is 1. The van der Waals surface area contributed by atoms with Crippen LogP contribution in [0, 0.1) is 5.92 Å². The average molecular weight is 321 g/mol. The molecule has 1 fully saturated rings. The molecule has 1 atom stereocenters. The van der Waals surface area contributed by atoms with Gasteiger partial charge >= 0.3 is 6.03 Å². The first-order chi connectivity index (χ1) is 11.1. The van der Waals surface area contributed by atoms with E-state index in [2.05, 4.69) is 16.7 Å². The van der Waals surface area contributed by atoms with Gasteiger partial charge in [0.15, 0.2) is 0 Å². The van der Waals surface area contributed by atoms with Crippen molar-refractivity contribution in [3.63, 3.8) is 0 Å². The van der Waals surface area contributed by atoms with E-state index in [4.69, 9.17) is 0 Å². The Morgan fingerprint density at radius 2 is 2.13 bits per heavy atom. The third-order valence-electron chi connectivity index (χ3n) is 4.62. The highest BCUT2D eigenvalue weighted by Gasteiger charge is 2.28. The topological polar surface area (TPSA) is 61.4 Å². The second-order valence-electron chi connectivity index (χ2n) is 7.04. The monoisotopic (exact) mass is 321 g/mol. The number of carbonyl (C=O) groups is 2. The van der Waals surface area contributed by atoms with Crippen molar-refractivity contribution in [2.24, 2.45) is 5.92 Å². The van der Waals surface area contributed by atoms with Gasteiger partial charge in [-0.1, -0.05) is 11.6 Å². The van der Waals surface area contributed by atoms with E-state index in [9.17, 15) is 9.59 Å². The van der Waals surface area contributed by atoms with Gasteiger partial charge in [-0.2, -0.15) is 0 Å². The number of likely N-dealkylation sites (tertiary alicyclic amines) is 1. The predicted molar refractivity (Wildman–Crippen MR) is 92.1 cm³/mol. The molecule has 0 unspecified atom stereocenters. The lowest BCUT2D eigenvalue weighted by Crippen LogP contribution is -2.50. The van der Waals surface area contributed by atoms with Gasteiger partial charge in [-0.3, -0.25) is 4.79 Å². The maximum absolute atomic E-state index is 12.3. The number of rotatable bonds is 5. The Bertz CT molecular complexity index is 446. The van der Waals surface area contributed by atoms with Gasteiger partial charge in [-0.25, -0.2) is 4.79 Å². The molecule has 1 aliphatic heterocycles. The lowest BCUT2D eigenvalue weighted by molar-refractivity contribution is -0.126. The first-order valence-corrected chi connectivity index (χ1v) is 9.07. The van der Waals surface area contributed by atoms with Crippen molar-refractivity contribution in [1.29, 1.82) is 0 Å². The van der Waals surface area contributed by atoms with Gasteiger partial charge < -0.3 is 15.5 Å².